The van der Waals surface area contributed by atoms with Crippen LogP contribution in [0.3, 0.4) is 0 Å². The topological polar surface area (TPSA) is 62.3 Å². The molecule has 1 aliphatic heterocycles. The molecule has 0 saturated carbocycles. The largest absolute Gasteiger partial charge is 0.348 e. The van der Waals surface area contributed by atoms with Gasteiger partial charge in [-0.25, -0.2) is 4.98 Å². The second-order valence-electron chi connectivity index (χ2n) is 6.65. The third kappa shape index (κ3) is 5.60. The van der Waals surface area contributed by atoms with Crippen LogP contribution in [-0.2, 0) is 4.79 Å². The molecule has 0 aromatic carbocycles. The minimum Gasteiger partial charge on any atom is -0.348 e. The molecule has 1 aliphatic rings. The summed E-state index contributed by atoms with van der Waals surface area (Å²) in [5.41, 5.74) is 1.20. The number of piperidine rings is 1. The molecular formula is C20H27N3O2. The molecule has 134 valence electrons. The van der Waals surface area contributed by atoms with Crippen molar-refractivity contribution in [2.45, 2.75) is 52.5 Å². The van der Waals surface area contributed by atoms with Gasteiger partial charge in [0, 0.05) is 37.3 Å². The normalized spacial score (nSPS) is 15.9. The molecule has 1 unspecified atom stereocenters. The highest BCUT2D eigenvalue weighted by Crippen LogP contribution is 2.15. The Balaban J connectivity index is 1.81. The number of carbonyl (C=O) groups is 2. The van der Waals surface area contributed by atoms with Gasteiger partial charge in [0.25, 0.3) is 5.91 Å². The van der Waals surface area contributed by atoms with Crippen molar-refractivity contribution in [3.05, 3.63) is 29.6 Å². The van der Waals surface area contributed by atoms with Gasteiger partial charge in [-0.3, -0.25) is 9.59 Å². The molecule has 0 bridgehead atoms. The van der Waals surface area contributed by atoms with Gasteiger partial charge in [0.05, 0.1) is 0 Å². The number of likely N-dealkylation sites (tertiary alicyclic amines) is 1. The fraction of sp³-hybridized carbons (Fsp3) is 0.550. The molecule has 2 heterocycles. The van der Waals surface area contributed by atoms with Crippen molar-refractivity contribution in [2.24, 2.45) is 5.92 Å². The summed E-state index contributed by atoms with van der Waals surface area (Å²) in [5, 5.41) is 3.02. The summed E-state index contributed by atoms with van der Waals surface area (Å²) >= 11 is 0. The van der Waals surface area contributed by atoms with Crippen LogP contribution in [0.4, 0.5) is 0 Å². The molecule has 25 heavy (non-hydrogen) atoms. The molecule has 0 radical (unpaired) electrons. The molecule has 1 aromatic heterocycles. The SMILES string of the molecule is CC#Cc1ccc(C(=O)NC2CCN(C(=O)CC(C)CC)CC2)nc1. The lowest BCUT2D eigenvalue weighted by molar-refractivity contribution is -0.133. The smallest absolute Gasteiger partial charge is 0.270 e. The average Bonchev–Trinajstić information content (AvgIpc) is 2.63. The van der Waals surface area contributed by atoms with Crippen molar-refractivity contribution in [3.63, 3.8) is 0 Å². The summed E-state index contributed by atoms with van der Waals surface area (Å²) in [7, 11) is 0. The minimum absolute atomic E-state index is 0.0945. The number of hydrogen-bond acceptors (Lipinski definition) is 3. The predicted molar refractivity (Wildman–Crippen MR) is 97.9 cm³/mol. The van der Waals surface area contributed by atoms with E-state index in [0.29, 0.717) is 31.1 Å². The zero-order chi connectivity index (χ0) is 18.2. The number of rotatable bonds is 5. The van der Waals surface area contributed by atoms with Crippen molar-refractivity contribution in [1.29, 1.82) is 0 Å². The first-order valence-electron chi connectivity index (χ1n) is 9.01. The second-order valence-corrected chi connectivity index (χ2v) is 6.65. The quantitative estimate of drug-likeness (QED) is 0.838. The van der Waals surface area contributed by atoms with E-state index in [0.717, 1.165) is 24.8 Å². The van der Waals surface area contributed by atoms with E-state index in [4.69, 9.17) is 0 Å². The molecule has 1 saturated heterocycles. The van der Waals surface area contributed by atoms with Gasteiger partial charge in [0.15, 0.2) is 0 Å². The van der Waals surface area contributed by atoms with Gasteiger partial charge in [0.1, 0.15) is 5.69 Å². The zero-order valence-corrected chi connectivity index (χ0v) is 15.3. The van der Waals surface area contributed by atoms with Crippen molar-refractivity contribution in [2.75, 3.05) is 13.1 Å². The van der Waals surface area contributed by atoms with E-state index in [-0.39, 0.29) is 17.9 Å². The van der Waals surface area contributed by atoms with E-state index in [1.807, 2.05) is 4.90 Å². The zero-order valence-electron chi connectivity index (χ0n) is 15.3. The summed E-state index contributed by atoms with van der Waals surface area (Å²) in [6.07, 6.45) is 4.83. The fourth-order valence-electron chi connectivity index (χ4n) is 2.85. The lowest BCUT2D eigenvalue weighted by Crippen LogP contribution is -2.46. The van der Waals surface area contributed by atoms with E-state index in [1.165, 1.54) is 0 Å². The van der Waals surface area contributed by atoms with Crippen molar-refractivity contribution in [1.82, 2.24) is 15.2 Å². The molecule has 1 aromatic rings. The maximum Gasteiger partial charge on any atom is 0.270 e. The van der Waals surface area contributed by atoms with Crippen LogP contribution in [0, 0.1) is 17.8 Å². The Morgan fingerprint density at radius 3 is 2.64 bits per heavy atom. The highest BCUT2D eigenvalue weighted by molar-refractivity contribution is 5.92. The third-order valence-corrected chi connectivity index (χ3v) is 4.67. The van der Waals surface area contributed by atoms with Gasteiger partial charge in [0.2, 0.25) is 5.91 Å². The summed E-state index contributed by atoms with van der Waals surface area (Å²) in [6.45, 7) is 7.39. The Kier molecular flexibility index (Phi) is 7.00. The van der Waals surface area contributed by atoms with E-state index in [2.05, 4.69) is 36.0 Å². The standard InChI is InChI=1S/C20H27N3O2/c1-4-6-16-7-8-18(21-14-16)20(25)22-17-9-11-23(12-10-17)19(24)13-15(3)5-2/h7-8,14-15,17H,5,9-13H2,1-3H3,(H,22,25). The van der Waals surface area contributed by atoms with E-state index in [9.17, 15) is 9.59 Å². The molecule has 5 heteroatoms. The Morgan fingerprint density at radius 2 is 2.08 bits per heavy atom. The molecule has 2 rings (SSSR count). The monoisotopic (exact) mass is 341 g/mol. The molecule has 1 N–H and O–H groups in total. The van der Waals surface area contributed by atoms with Crippen LogP contribution in [0.25, 0.3) is 0 Å². The van der Waals surface area contributed by atoms with Crippen LogP contribution >= 0.6 is 0 Å². The first-order chi connectivity index (χ1) is 12.0. The fourth-order valence-corrected chi connectivity index (χ4v) is 2.85. The molecule has 5 nitrogen and oxygen atoms in total. The summed E-state index contributed by atoms with van der Waals surface area (Å²) in [4.78, 5) is 30.6. The molecule has 0 aliphatic carbocycles. The average molecular weight is 341 g/mol. The molecule has 1 atom stereocenters. The minimum atomic E-state index is -0.166. The van der Waals surface area contributed by atoms with E-state index in [1.54, 1.807) is 25.3 Å². The Morgan fingerprint density at radius 1 is 1.36 bits per heavy atom. The number of amides is 2. The molecular weight excluding hydrogens is 314 g/mol. The van der Waals surface area contributed by atoms with Crippen LogP contribution in [-0.4, -0.2) is 40.8 Å². The Hall–Kier alpha value is -2.35. The highest BCUT2D eigenvalue weighted by Gasteiger charge is 2.24. The van der Waals surface area contributed by atoms with Crippen molar-refractivity contribution >= 4 is 11.8 Å². The van der Waals surface area contributed by atoms with Gasteiger partial charge in [-0.05, 0) is 37.8 Å². The van der Waals surface area contributed by atoms with Gasteiger partial charge in [-0.2, -0.15) is 0 Å². The lowest BCUT2D eigenvalue weighted by Gasteiger charge is -2.33. The van der Waals surface area contributed by atoms with Gasteiger partial charge in [-0.1, -0.05) is 26.2 Å². The Bertz CT molecular complexity index is 650. The van der Waals surface area contributed by atoms with Crippen LogP contribution in [0.15, 0.2) is 18.3 Å². The highest BCUT2D eigenvalue weighted by atomic mass is 16.2. The lowest BCUT2D eigenvalue weighted by atomic mass is 10.0. The predicted octanol–water partition coefficient (Wildman–Crippen LogP) is 2.61. The first-order valence-corrected chi connectivity index (χ1v) is 9.01. The van der Waals surface area contributed by atoms with Crippen LogP contribution in [0.2, 0.25) is 0 Å². The van der Waals surface area contributed by atoms with Gasteiger partial charge < -0.3 is 10.2 Å². The van der Waals surface area contributed by atoms with Crippen LogP contribution < -0.4 is 5.32 Å². The second kappa shape index (κ2) is 9.22. The van der Waals surface area contributed by atoms with Crippen LogP contribution in [0.1, 0.15) is 62.5 Å². The van der Waals surface area contributed by atoms with E-state index < -0.39 is 0 Å². The maximum atomic E-state index is 12.3. The van der Waals surface area contributed by atoms with Crippen molar-refractivity contribution in [3.8, 4) is 11.8 Å². The number of nitrogens with zero attached hydrogens (tertiary/aromatic N) is 2. The number of hydrogen-bond donors (Lipinski definition) is 1. The number of pyridine rings is 1. The van der Waals surface area contributed by atoms with Gasteiger partial charge >= 0.3 is 0 Å². The number of nitrogens with one attached hydrogen (secondary N) is 1. The van der Waals surface area contributed by atoms with Gasteiger partial charge in [-0.15, -0.1) is 5.92 Å². The van der Waals surface area contributed by atoms with Crippen molar-refractivity contribution < 1.29 is 9.59 Å². The molecule has 0 spiro atoms. The summed E-state index contributed by atoms with van der Waals surface area (Å²) < 4.78 is 0. The van der Waals surface area contributed by atoms with Crippen LogP contribution in [0.5, 0.6) is 0 Å². The maximum absolute atomic E-state index is 12.3. The Labute approximate surface area is 150 Å². The first kappa shape index (κ1) is 19.0. The number of carbonyl (C=O) groups excluding carboxylic acids is 2. The summed E-state index contributed by atoms with van der Waals surface area (Å²) in [5.74, 6) is 6.20. The third-order valence-electron chi connectivity index (χ3n) is 4.67. The summed E-state index contributed by atoms with van der Waals surface area (Å²) in [6, 6.07) is 3.59. The van der Waals surface area contributed by atoms with E-state index >= 15 is 0 Å². The number of aromatic nitrogens is 1. The molecule has 1 fully saturated rings. The molecule has 2 amide bonds.